The van der Waals surface area contributed by atoms with Crippen LogP contribution in [0, 0.1) is 5.82 Å². The smallest absolute Gasteiger partial charge is 0.242 e. The lowest BCUT2D eigenvalue weighted by Gasteiger charge is -2.14. The molecule has 2 aromatic rings. The molecule has 0 fully saturated rings. The van der Waals surface area contributed by atoms with Gasteiger partial charge in [-0.05, 0) is 55.5 Å². The van der Waals surface area contributed by atoms with Gasteiger partial charge in [0.15, 0.2) is 0 Å². The van der Waals surface area contributed by atoms with Gasteiger partial charge >= 0.3 is 0 Å². The fourth-order valence-electron chi connectivity index (χ4n) is 1.75. The fraction of sp³-hybridized carbons (Fsp3) is 0.133. The molecule has 1 atom stereocenters. The van der Waals surface area contributed by atoms with Gasteiger partial charge in [-0.25, -0.2) is 12.8 Å². The van der Waals surface area contributed by atoms with Gasteiger partial charge < -0.3 is 5.32 Å². The van der Waals surface area contributed by atoms with Crippen molar-refractivity contribution in [3.63, 3.8) is 0 Å². The topological polar surface area (TPSA) is 75.3 Å². The highest BCUT2D eigenvalue weighted by atomic mass is 79.9. The van der Waals surface area contributed by atoms with Crippen LogP contribution in [0.1, 0.15) is 6.92 Å². The summed E-state index contributed by atoms with van der Waals surface area (Å²) >= 11 is 3.28. The molecule has 0 aliphatic rings. The fourth-order valence-corrected chi connectivity index (χ4v) is 3.22. The molecular weight excluding hydrogens is 387 g/mol. The van der Waals surface area contributed by atoms with Gasteiger partial charge in [-0.3, -0.25) is 4.79 Å². The van der Waals surface area contributed by atoms with Gasteiger partial charge in [-0.1, -0.05) is 15.9 Å². The van der Waals surface area contributed by atoms with E-state index in [1.807, 2.05) is 0 Å². The van der Waals surface area contributed by atoms with Crippen molar-refractivity contribution >= 4 is 37.5 Å². The molecule has 0 aliphatic carbocycles. The Labute approximate surface area is 142 Å². The number of rotatable bonds is 5. The first-order valence-electron chi connectivity index (χ1n) is 6.62. The van der Waals surface area contributed by atoms with Crippen LogP contribution in [-0.4, -0.2) is 20.4 Å². The largest absolute Gasteiger partial charge is 0.325 e. The van der Waals surface area contributed by atoms with E-state index in [-0.39, 0.29) is 4.90 Å². The van der Waals surface area contributed by atoms with Crippen LogP contribution in [0.3, 0.4) is 0 Å². The van der Waals surface area contributed by atoms with Crippen LogP contribution in [0.15, 0.2) is 57.9 Å². The van der Waals surface area contributed by atoms with Gasteiger partial charge in [0.1, 0.15) is 5.82 Å². The molecule has 8 heteroatoms. The van der Waals surface area contributed by atoms with Crippen molar-refractivity contribution in [2.75, 3.05) is 5.32 Å². The quantitative estimate of drug-likeness (QED) is 0.809. The van der Waals surface area contributed by atoms with Crippen LogP contribution < -0.4 is 10.0 Å². The maximum Gasteiger partial charge on any atom is 0.242 e. The van der Waals surface area contributed by atoms with Gasteiger partial charge in [0, 0.05) is 10.2 Å². The second-order valence-corrected chi connectivity index (χ2v) is 7.42. The van der Waals surface area contributed by atoms with Crippen molar-refractivity contribution in [1.82, 2.24) is 4.72 Å². The minimum Gasteiger partial charge on any atom is -0.325 e. The molecule has 0 bridgehead atoms. The zero-order valence-corrected chi connectivity index (χ0v) is 14.5. The molecule has 0 saturated heterocycles. The molecule has 122 valence electrons. The number of anilines is 1. The molecule has 0 radical (unpaired) electrons. The number of carbonyl (C=O) groups excluding carboxylic acids is 1. The van der Waals surface area contributed by atoms with E-state index in [9.17, 15) is 17.6 Å². The Balaban J connectivity index is 2.05. The standard InChI is InChI=1S/C15H14BrFN2O3S/c1-10(15(20)18-13-6-2-11(16)3-7-13)19-23(21,22)14-8-4-12(17)5-9-14/h2-10,19H,1H3,(H,18,20)/t10-/m0/s1. The van der Waals surface area contributed by atoms with E-state index in [1.54, 1.807) is 24.3 Å². The average Bonchev–Trinajstić information content (AvgIpc) is 2.49. The van der Waals surface area contributed by atoms with Crippen LogP contribution in [0.2, 0.25) is 0 Å². The SMILES string of the molecule is C[C@H](NS(=O)(=O)c1ccc(F)cc1)C(=O)Nc1ccc(Br)cc1. The minimum absolute atomic E-state index is 0.109. The van der Waals surface area contributed by atoms with Crippen LogP contribution >= 0.6 is 15.9 Å². The van der Waals surface area contributed by atoms with Crippen molar-refractivity contribution in [2.45, 2.75) is 17.9 Å². The number of carbonyl (C=O) groups is 1. The Hall–Kier alpha value is -1.77. The summed E-state index contributed by atoms with van der Waals surface area (Å²) in [6.45, 7) is 1.43. The molecule has 0 aromatic heterocycles. The lowest BCUT2D eigenvalue weighted by Crippen LogP contribution is -2.41. The molecule has 2 aromatic carbocycles. The molecule has 2 rings (SSSR count). The summed E-state index contributed by atoms with van der Waals surface area (Å²) in [5.41, 5.74) is 0.547. The normalized spacial score (nSPS) is 12.7. The van der Waals surface area contributed by atoms with E-state index in [0.29, 0.717) is 5.69 Å². The number of nitrogens with one attached hydrogen (secondary N) is 2. The highest BCUT2D eigenvalue weighted by Crippen LogP contribution is 2.15. The average molecular weight is 401 g/mol. The number of hydrogen-bond donors (Lipinski definition) is 2. The van der Waals surface area contributed by atoms with E-state index < -0.39 is 27.8 Å². The van der Waals surface area contributed by atoms with Crippen molar-refractivity contribution < 1.29 is 17.6 Å². The number of amides is 1. The van der Waals surface area contributed by atoms with E-state index in [1.165, 1.54) is 6.92 Å². The predicted octanol–water partition coefficient (Wildman–Crippen LogP) is 2.89. The number of sulfonamides is 1. The lowest BCUT2D eigenvalue weighted by atomic mass is 10.3. The summed E-state index contributed by atoms with van der Waals surface area (Å²) < 4.78 is 40.2. The molecule has 0 heterocycles. The lowest BCUT2D eigenvalue weighted by molar-refractivity contribution is -0.117. The summed E-state index contributed by atoms with van der Waals surface area (Å²) in [6.07, 6.45) is 0. The van der Waals surface area contributed by atoms with Crippen LogP contribution in [0.5, 0.6) is 0 Å². The molecule has 2 N–H and O–H groups in total. The summed E-state index contributed by atoms with van der Waals surface area (Å²) in [5.74, 6) is -1.04. The van der Waals surface area contributed by atoms with Crippen molar-refractivity contribution in [3.8, 4) is 0 Å². The van der Waals surface area contributed by atoms with E-state index in [2.05, 4.69) is 26.0 Å². The van der Waals surface area contributed by atoms with Gasteiger partial charge in [-0.2, -0.15) is 4.72 Å². The first-order chi connectivity index (χ1) is 10.8. The zero-order valence-electron chi connectivity index (χ0n) is 12.1. The summed E-state index contributed by atoms with van der Waals surface area (Å²) in [4.78, 5) is 11.9. The highest BCUT2D eigenvalue weighted by Gasteiger charge is 2.22. The van der Waals surface area contributed by atoms with E-state index in [0.717, 1.165) is 28.7 Å². The molecule has 23 heavy (non-hydrogen) atoms. The van der Waals surface area contributed by atoms with Gasteiger partial charge in [-0.15, -0.1) is 0 Å². The third-order valence-corrected chi connectivity index (χ3v) is 5.05. The molecule has 1 amide bonds. The summed E-state index contributed by atoms with van der Waals surface area (Å²) in [6, 6.07) is 10.2. The van der Waals surface area contributed by atoms with Crippen molar-refractivity contribution in [3.05, 3.63) is 58.8 Å². The number of hydrogen-bond acceptors (Lipinski definition) is 3. The van der Waals surface area contributed by atoms with Crippen LogP contribution in [0.25, 0.3) is 0 Å². The second-order valence-electron chi connectivity index (χ2n) is 4.79. The zero-order chi connectivity index (χ0) is 17.0. The molecule has 5 nitrogen and oxygen atoms in total. The first kappa shape index (κ1) is 17.6. The van der Waals surface area contributed by atoms with E-state index in [4.69, 9.17) is 0 Å². The van der Waals surface area contributed by atoms with E-state index >= 15 is 0 Å². The van der Waals surface area contributed by atoms with Crippen LogP contribution in [-0.2, 0) is 14.8 Å². The molecular formula is C15H14BrFN2O3S. The van der Waals surface area contributed by atoms with Crippen molar-refractivity contribution in [1.29, 1.82) is 0 Å². The number of benzene rings is 2. The third-order valence-electron chi connectivity index (χ3n) is 2.96. The van der Waals surface area contributed by atoms with Gasteiger partial charge in [0.2, 0.25) is 15.9 Å². The Morgan fingerprint density at radius 1 is 1.09 bits per heavy atom. The Kier molecular flexibility index (Phi) is 5.51. The Morgan fingerprint density at radius 3 is 2.22 bits per heavy atom. The van der Waals surface area contributed by atoms with Gasteiger partial charge in [0.25, 0.3) is 0 Å². The summed E-state index contributed by atoms with van der Waals surface area (Å²) in [5, 5.41) is 2.61. The molecule has 0 spiro atoms. The maximum absolute atomic E-state index is 12.9. The molecule has 0 aliphatic heterocycles. The second kappa shape index (κ2) is 7.20. The Bertz CT molecular complexity index is 792. The van der Waals surface area contributed by atoms with Crippen molar-refractivity contribution in [2.24, 2.45) is 0 Å². The monoisotopic (exact) mass is 400 g/mol. The third kappa shape index (κ3) is 4.85. The summed E-state index contributed by atoms with van der Waals surface area (Å²) in [7, 11) is -3.91. The first-order valence-corrected chi connectivity index (χ1v) is 8.90. The van der Waals surface area contributed by atoms with Crippen LogP contribution in [0.4, 0.5) is 10.1 Å². The molecule has 0 unspecified atom stereocenters. The minimum atomic E-state index is -3.91. The predicted molar refractivity (Wildman–Crippen MR) is 89.0 cm³/mol. The highest BCUT2D eigenvalue weighted by molar-refractivity contribution is 9.10. The van der Waals surface area contributed by atoms with Gasteiger partial charge in [0.05, 0.1) is 10.9 Å². The number of halogens is 2. The Morgan fingerprint density at radius 2 is 1.65 bits per heavy atom. The maximum atomic E-state index is 12.9. The molecule has 0 saturated carbocycles.